The lowest BCUT2D eigenvalue weighted by atomic mass is 10.1. The molecule has 0 saturated heterocycles. The van der Waals surface area contributed by atoms with Crippen molar-refractivity contribution in [3.8, 4) is 0 Å². The van der Waals surface area contributed by atoms with Crippen LogP contribution in [0.25, 0.3) is 0 Å². The van der Waals surface area contributed by atoms with Crippen LogP contribution in [0, 0.1) is 12.7 Å². The zero-order valence-corrected chi connectivity index (χ0v) is 10.6. The largest absolute Gasteiger partial charge is 0.446 e. The Morgan fingerprint density at radius 1 is 1.42 bits per heavy atom. The van der Waals surface area contributed by atoms with Gasteiger partial charge in [-0.05, 0) is 25.0 Å². The third-order valence-electron chi connectivity index (χ3n) is 2.87. The van der Waals surface area contributed by atoms with Crippen LogP contribution in [0.3, 0.4) is 0 Å². The van der Waals surface area contributed by atoms with Crippen LogP contribution in [-0.2, 0) is 17.8 Å². The van der Waals surface area contributed by atoms with Crippen LogP contribution in [0.1, 0.15) is 23.4 Å². The molecule has 1 aromatic heterocycles. The van der Waals surface area contributed by atoms with Gasteiger partial charge in [0, 0.05) is 6.42 Å². The van der Waals surface area contributed by atoms with Gasteiger partial charge in [-0.2, -0.15) is 0 Å². The minimum Gasteiger partial charge on any atom is -0.446 e. The number of rotatable bonds is 5. The van der Waals surface area contributed by atoms with E-state index in [2.05, 4.69) is 10.3 Å². The van der Waals surface area contributed by atoms with E-state index in [1.165, 1.54) is 12.5 Å². The summed E-state index contributed by atoms with van der Waals surface area (Å²) in [6.45, 7) is 2.12. The van der Waals surface area contributed by atoms with Gasteiger partial charge in [0.15, 0.2) is 6.39 Å². The van der Waals surface area contributed by atoms with Gasteiger partial charge in [-0.25, -0.2) is 9.37 Å². The van der Waals surface area contributed by atoms with E-state index in [0.29, 0.717) is 24.3 Å². The molecule has 0 aliphatic heterocycles. The number of hydrogen-bond donors (Lipinski definition) is 1. The van der Waals surface area contributed by atoms with E-state index in [1.807, 2.05) is 6.92 Å². The fourth-order valence-corrected chi connectivity index (χ4v) is 1.71. The predicted octanol–water partition coefficient (Wildman–Crippen LogP) is 2.37. The van der Waals surface area contributed by atoms with Crippen molar-refractivity contribution in [1.29, 1.82) is 0 Å². The molecule has 0 spiro atoms. The van der Waals surface area contributed by atoms with Gasteiger partial charge in [0.2, 0.25) is 5.91 Å². The van der Waals surface area contributed by atoms with E-state index < -0.39 is 0 Å². The number of nitrogens with zero attached hydrogens (tertiary/aromatic N) is 1. The molecule has 1 N–H and O–H groups in total. The van der Waals surface area contributed by atoms with E-state index in [1.54, 1.807) is 18.2 Å². The molecular formula is C14H15FN2O2. The Balaban J connectivity index is 1.79. The fourth-order valence-electron chi connectivity index (χ4n) is 1.71. The Hall–Kier alpha value is -2.17. The summed E-state index contributed by atoms with van der Waals surface area (Å²) in [7, 11) is 0. The Bertz CT molecular complexity index is 566. The molecule has 0 aliphatic carbocycles. The van der Waals surface area contributed by atoms with Gasteiger partial charge in [0.1, 0.15) is 11.6 Å². The minimum absolute atomic E-state index is 0.140. The molecule has 0 bridgehead atoms. The van der Waals surface area contributed by atoms with Crippen LogP contribution in [0.4, 0.5) is 4.39 Å². The van der Waals surface area contributed by atoms with Crippen LogP contribution in [0.15, 0.2) is 35.1 Å². The molecule has 1 heterocycles. The quantitative estimate of drug-likeness (QED) is 0.900. The van der Waals surface area contributed by atoms with Gasteiger partial charge < -0.3 is 9.73 Å². The Morgan fingerprint density at radius 2 is 2.21 bits per heavy atom. The highest BCUT2D eigenvalue weighted by molar-refractivity contribution is 5.76. The number of amides is 1. The number of halogens is 1. The molecule has 1 amide bonds. The number of aryl methyl sites for hydroxylation is 2. The first kappa shape index (κ1) is 13.3. The molecule has 100 valence electrons. The molecule has 4 nitrogen and oxygen atoms in total. The normalized spacial score (nSPS) is 10.4. The maximum Gasteiger partial charge on any atom is 0.220 e. The smallest absolute Gasteiger partial charge is 0.220 e. The summed E-state index contributed by atoms with van der Waals surface area (Å²) >= 11 is 0. The van der Waals surface area contributed by atoms with Gasteiger partial charge in [0.05, 0.1) is 12.2 Å². The monoisotopic (exact) mass is 262 g/mol. The van der Waals surface area contributed by atoms with E-state index in [0.717, 1.165) is 5.69 Å². The van der Waals surface area contributed by atoms with E-state index in [9.17, 15) is 9.18 Å². The van der Waals surface area contributed by atoms with Crippen molar-refractivity contribution in [2.24, 2.45) is 0 Å². The molecule has 2 aromatic rings. The van der Waals surface area contributed by atoms with Crippen LogP contribution in [-0.4, -0.2) is 10.9 Å². The number of nitrogens with one attached hydrogen (secondary N) is 1. The number of oxazole rings is 1. The molecule has 0 saturated carbocycles. The van der Waals surface area contributed by atoms with Gasteiger partial charge in [0.25, 0.3) is 0 Å². The van der Waals surface area contributed by atoms with Gasteiger partial charge in [-0.3, -0.25) is 4.79 Å². The fraction of sp³-hybridized carbons (Fsp3) is 0.286. The lowest BCUT2D eigenvalue weighted by molar-refractivity contribution is -0.121. The van der Waals surface area contributed by atoms with E-state index >= 15 is 0 Å². The van der Waals surface area contributed by atoms with Crippen molar-refractivity contribution in [2.45, 2.75) is 26.3 Å². The molecule has 0 unspecified atom stereocenters. The van der Waals surface area contributed by atoms with Crippen molar-refractivity contribution in [1.82, 2.24) is 10.3 Å². The van der Waals surface area contributed by atoms with Crippen molar-refractivity contribution in [3.05, 3.63) is 53.5 Å². The summed E-state index contributed by atoms with van der Waals surface area (Å²) in [6.07, 6.45) is 1.97. The Labute approximate surface area is 110 Å². The first-order valence-electron chi connectivity index (χ1n) is 6.06. The van der Waals surface area contributed by atoms with Crippen molar-refractivity contribution < 1.29 is 13.6 Å². The second-order valence-corrected chi connectivity index (χ2v) is 4.23. The SMILES string of the molecule is Cc1ncoc1CNC(=O)CCc1ccccc1F. The molecule has 0 atom stereocenters. The highest BCUT2D eigenvalue weighted by Crippen LogP contribution is 2.09. The van der Waals surface area contributed by atoms with Crippen molar-refractivity contribution >= 4 is 5.91 Å². The van der Waals surface area contributed by atoms with Crippen molar-refractivity contribution in [3.63, 3.8) is 0 Å². The molecule has 19 heavy (non-hydrogen) atoms. The molecule has 2 rings (SSSR count). The molecule has 0 fully saturated rings. The first-order valence-corrected chi connectivity index (χ1v) is 6.06. The van der Waals surface area contributed by atoms with Gasteiger partial charge >= 0.3 is 0 Å². The van der Waals surface area contributed by atoms with Crippen LogP contribution in [0.2, 0.25) is 0 Å². The second-order valence-electron chi connectivity index (χ2n) is 4.23. The van der Waals surface area contributed by atoms with E-state index in [-0.39, 0.29) is 18.1 Å². The summed E-state index contributed by atoms with van der Waals surface area (Å²) in [5, 5.41) is 2.72. The topological polar surface area (TPSA) is 55.1 Å². The summed E-state index contributed by atoms with van der Waals surface area (Å²) in [6, 6.07) is 6.47. The van der Waals surface area contributed by atoms with Crippen molar-refractivity contribution in [2.75, 3.05) is 0 Å². The highest BCUT2D eigenvalue weighted by Gasteiger charge is 2.08. The summed E-state index contributed by atoms with van der Waals surface area (Å²) in [5.74, 6) is 0.222. The Kier molecular flexibility index (Phi) is 4.28. The van der Waals surface area contributed by atoms with Crippen LogP contribution >= 0.6 is 0 Å². The van der Waals surface area contributed by atoms with Gasteiger partial charge in [-0.1, -0.05) is 18.2 Å². The zero-order chi connectivity index (χ0) is 13.7. The standard InChI is InChI=1S/C14H15FN2O2/c1-10-13(19-9-17-10)8-16-14(18)7-6-11-4-2-3-5-12(11)15/h2-5,9H,6-8H2,1H3,(H,16,18). The molecule has 0 aliphatic rings. The number of carbonyl (C=O) groups excluding carboxylic acids is 1. The lowest BCUT2D eigenvalue weighted by Gasteiger charge is -2.04. The zero-order valence-electron chi connectivity index (χ0n) is 10.6. The average Bonchev–Trinajstić information content (AvgIpc) is 2.81. The number of hydrogen-bond acceptors (Lipinski definition) is 3. The highest BCUT2D eigenvalue weighted by atomic mass is 19.1. The maximum absolute atomic E-state index is 13.3. The third-order valence-corrected chi connectivity index (χ3v) is 2.87. The number of aromatic nitrogens is 1. The first-order chi connectivity index (χ1) is 9.16. The second kappa shape index (κ2) is 6.13. The molecule has 0 radical (unpaired) electrons. The lowest BCUT2D eigenvalue weighted by Crippen LogP contribution is -2.23. The van der Waals surface area contributed by atoms with Gasteiger partial charge in [-0.15, -0.1) is 0 Å². The number of benzene rings is 1. The van der Waals surface area contributed by atoms with Crippen LogP contribution < -0.4 is 5.32 Å². The maximum atomic E-state index is 13.3. The predicted molar refractivity (Wildman–Crippen MR) is 67.8 cm³/mol. The minimum atomic E-state index is -0.277. The summed E-state index contributed by atoms with van der Waals surface area (Å²) in [5.41, 5.74) is 1.31. The van der Waals surface area contributed by atoms with Crippen LogP contribution in [0.5, 0.6) is 0 Å². The number of carbonyl (C=O) groups is 1. The summed E-state index contributed by atoms with van der Waals surface area (Å²) < 4.78 is 18.5. The summed E-state index contributed by atoms with van der Waals surface area (Å²) in [4.78, 5) is 15.6. The third kappa shape index (κ3) is 3.64. The molecule has 5 heteroatoms. The average molecular weight is 262 g/mol. The molecular weight excluding hydrogens is 247 g/mol. The Morgan fingerprint density at radius 3 is 2.89 bits per heavy atom. The van der Waals surface area contributed by atoms with E-state index in [4.69, 9.17) is 4.42 Å². The molecule has 1 aromatic carbocycles.